The number of nitrogens with one attached hydrogen (secondary N) is 1. The Morgan fingerprint density at radius 3 is 2.96 bits per heavy atom. The molecular weight excluding hydrogens is 326 g/mol. The highest BCUT2D eigenvalue weighted by Gasteiger charge is 2.29. The van der Waals surface area contributed by atoms with Crippen LogP contribution < -0.4 is 5.32 Å². The van der Waals surface area contributed by atoms with Gasteiger partial charge in [0.25, 0.3) is 5.91 Å². The van der Waals surface area contributed by atoms with Crippen LogP contribution in [0.5, 0.6) is 0 Å². The Bertz CT molecular complexity index is 723. The first-order chi connectivity index (χ1) is 11.7. The van der Waals surface area contributed by atoms with Crippen LogP contribution in [0.15, 0.2) is 42.6 Å². The lowest BCUT2D eigenvalue weighted by atomic mass is 10.1. The second-order valence-electron chi connectivity index (χ2n) is 5.83. The fourth-order valence-corrected chi connectivity index (χ4v) is 3.20. The molecule has 0 bridgehead atoms. The van der Waals surface area contributed by atoms with E-state index in [1.807, 2.05) is 36.4 Å². The van der Waals surface area contributed by atoms with E-state index in [1.165, 1.54) is 0 Å². The number of amides is 1. The largest absolute Gasteiger partial charge is 0.394 e. The smallest absolute Gasteiger partial charge is 0.256 e. The number of aliphatic hydroxyl groups excluding tert-OH is 1. The van der Waals surface area contributed by atoms with E-state index in [0.29, 0.717) is 23.8 Å². The maximum Gasteiger partial charge on any atom is 0.256 e. The average molecular weight is 346 g/mol. The Balaban J connectivity index is 1.78. The zero-order chi connectivity index (χ0) is 16.9. The van der Waals surface area contributed by atoms with Crippen molar-refractivity contribution in [2.75, 3.05) is 18.5 Å². The van der Waals surface area contributed by atoms with Gasteiger partial charge in [-0.05, 0) is 31.0 Å². The summed E-state index contributed by atoms with van der Waals surface area (Å²) in [6, 6.07) is 11.1. The number of rotatable bonds is 5. The number of hydrogen-bond acceptors (Lipinski definition) is 4. The van der Waals surface area contributed by atoms with E-state index in [-0.39, 0.29) is 18.6 Å². The number of nitrogens with zero attached hydrogens (tertiary/aromatic N) is 2. The first-order valence-electron chi connectivity index (χ1n) is 8.05. The predicted molar refractivity (Wildman–Crippen MR) is 94.2 cm³/mol. The molecule has 1 aliphatic rings. The number of carbonyl (C=O) groups is 1. The summed E-state index contributed by atoms with van der Waals surface area (Å²) in [5.41, 5.74) is 2.24. The molecular formula is C18H20ClN3O2. The number of halogens is 1. The molecule has 1 aromatic carbocycles. The van der Waals surface area contributed by atoms with Gasteiger partial charge in [-0.1, -0.05) is 29.8 Å². The van der Waals surface area contributed by atoms with Gasteiger partial charge in [0.15, 0.2) is 0 Å². The Hall–Kier alpha value is -2.11. The van der Waals surface area contributed by atoms with E-state index < -0.39 is 0 Å². The highest BCUT2D eigenvalue weighted by atomic mass is 35.5. The van der Waals surface area contributed by atoms with Crippen LogP contribution in [0.25, 0.3) is 0 Å². The zero-order valence-electron chi connectivity index (χ0n) is 13.3. The van der Waals surface area contributed by atoms with Gasteiger partial charge >= 0.3 is 0 Å². The molecule has 24 heavy (non-hydrogen) atoms. The average Bonchev–Trinajstić information content (AvgIpc) is 3.09. The van der Waals surface area contributed by atoms with E-state index in [4.69, 9.17) is 11.6 Å². The number of anilines is 1. The summed E-state index contributed by atoms with van der Waals surface area (Å²) >= 11 is 6.08. The topological polar surface area (TPSA) is 65.5 Å². The van der Waals surface area contributed by atoms with Crippen molar-refractivity contribution in [1.29, 1.82) is 0 Å². The van der Waals surface area contributed by atoms with Gasteiger partial charge in [0.2, 0.25) is 0 Å². The van der Waals surface area contributed by atoms with E-state index in [2.05, 4.69) is 10.3 Å². The van der Waals surface area contributed by atoms with Crippen molar-refractivity contribution in [3.05, 3.63) is 58.9 Å². The van der Waals surface area contributed by atoms with Gasteiger partial charge in [-0.25, -0.2) is 4.98 Å². The molecule has 126 valence electrons. The fourth-order valence-electron chi connectivity index (χ4n) is 3.01. The number of aromatic nitrogens is 1. The van der Waals surface area contributed by atoms with Gasteiger partial charge in [-0.2, -0.15) is 0 Å². The second kappa shape index (κ2) is 7.64. The SMILES string of the molecule is O=C(c1ccccc1NCc1cccnc1Cl)N1CCCC1CO. The molecule has 3 rings (SSSR count). The van der Waals surface area contributed by atoms with Crippen LogP contribution in [0.2, 0.25) is 5.15 Å². The highest BCUT2D eigenvalue weighted by Crippen LogP contribution is 2.24. The molecule has 6 heteroatoms. The maximum absolute atomic E-state index is 12.9. The lowest BCUT2D eigenvalue weighted by molar-refractivity contribution is 0.0678. The minimum absolute atomic E-state index is 0.00658. The monoisotopic (exact) mass is 345 g/mol. The number of likely N-dealkylation sites (tertiary alicyclic amines) is 1. The lowest BCUT2D eigenvalue weighted by Gasteiger charge is -2.24. The first-order valence-corrected chi connectivity index (χ1v) is 8.42. The van der Waals surface area contributed by atoms with Gasteiger partial charge in [-0.15, -0.1) is 0 Å². The van der Waals surface area contributed by atoms with Crippen molar-refractivity contribution in [1.82, 2.24) is 9.88 Å². The lowest BCUT2D eigenvalue weighted by Crippen LogP contribution is -2.37. The number of aliphatic hydroxyl groups is 1. The molecule has 2 heterocycles. The molecule has 1 atom stereocenters. The summed E-state index contributed by atoms with van der Waals surface area (Å²) in [6.45, 7) is 1.18. The van der Waals surface area contributed by atoms with E-state index in [0.717, 1.165) is 24.1 Å². The molecule has 0 saturated carbocycles. The summed E-state index contributed by atoms with van der Waals surface area (Å²) in [5.74, 6) is -0.0491. The Labute approximate surface area is 146 Å². The van der Waals surface area contributed by atoms with Crippen LogP contribution in [-0.4, -0.2) is 40.1 Å². The van der Waals surface area contributed by atoms with Crippen molar-refractivity contribution < 1.29 is 9.90 Å². The molecule has 2 N–H and O–H groups in total. The Kier molecular flexibility index (Phi) is 5.33. The number of benzene rings is 1. The molecule has 0 aliphatic carbocycles. The van der Waals surface area contributed by atoms with Gasteiger partial charge in [0.05, 0.1) is 18.2 Å². The molecule has 1 unspecified atom stereocenters. The van der Waals surface area contributed by atoms with Gasteiger partial charge in [0, 0.05) is 30.5 Å². The summed E-state index contributed by atoms with van der Waals surface area (Å²) in [7, 11) is 0. The molecule has 0 radical (unpaired) electrons. The van der Waals surface area contributed by atoms with E-state index in [9.17, 15) is 9.90 Å². The van der Waals surface area contributed by atoms with Crippen molar-refractivity contribution in [3.8, 4) is 0 Å². The van der Waals surface area contributed by atoms with Crippen LogP contribution in [-0.2, 0) is 6.54 Å². The fraction of sp³-hybridized carbons (Fsp3) is 0.333. The molecule has 1 aromatic heterocycles. The molecule has 2 aromatic rings. The minimum Gasteiger partial charge on any atom is -0.394 e. The summed E-state index contributed by atoms with van der Waals surface area (Å²) in [6.07, 6.45) is 3.42. The maximum atomic E-state index is 12.9. The van der Waals surface area contributed by atoms with E-state index in [1.54, 1.807) is 11.1 Å². The summed E-state index contributed by atoms with van der Waals surface area (Å²) in [5, 5.41) is 13.2. The molecule has 1 aliphatic heterocycles. The third kappa shape index (κ3) is 3.52. The third-order valence-corrected chi connectivity index (χ3v) is 4.65. The van der Waals surface area contributed by atoms with E-state index >= 15 is 0 Å². The number of pyridine rings is 1. The summed E-state index contributed by atoms with van der Waals surface area (Å²) in [4.78, 5) is 18.7. The quantitative estimate of drug-likeness (QED) is 0.818. The van der Waals surface area contributed by atoms with Crippen molar-refractivity contribution >= 4 is 23.2 Å². The molecule has 1 fully saturated rings. The normalized spacial score (nSPS) is 17.1. The molecule has 1 amide bonds. The minimum atomic E-state index is -0.0849. The molecule has 5 nitrogen and oxygen atoms in total. The second-order valence-corrected chi connectivity index (χ2v) is 6.19. The standard InChI is InChI=1S/C18H20ClN3O2/c19-17-13(5-3-9-20-17)11-21-16-8-2-1-7-15(16)18(24)22-10-4-6-14(22)12-23/h1-3,5,7-9,14,21,23H,4,6,10-12H2. The van der Waals surface area contributed by atoms with Crippen LogP contribution in [0.1, 0.15) is 28.8 Å². The van der Waals surface area contributed by atoms with Crippen molar-refractivity contribution in [2.45, 2.75) is 25.4 Å². The Morgan fingerprint density at radius 1 is 1.33 bits per heavy atom. The zero-order valence-corrected chi connectivity index (χ0v) is 14.0. The third-order valence-electron chi connectivity index (χ3n) is 4.31. The number of para-hydroxylation sites is 1. The number of hydrogen-bond donors (Lipinski definition) is 2. The van der Waals surface area contributed by atoms with Crippen LogP contribution in [0.4, 0.5) is 5.69 Å². The van der Waals surface area contributed by atoms with Gasteiger partial charge < -0.3 is 15.3 Å². The number of carbonyl (C=O) groups excluding carboxylic acids is 1. The van der Waals surface area contributed by atoms with Crippen molar-refractivity contribution in [3.63, 3.8) is 0 Å². The predicted octanol–water partition coefficient (Wildman–Crippen LogP) is 2.94. The molecule has 1 saturated heterocycles. The van der Waals surface area contributed by atoms with Crippen LogP contribution in [0.3, 0.4) is 0 Å². The highest BCUT2D eigenvalue weighted by molar-refractivity contribution is 6.30. The van der Waals surface area contributed by atoms with Crippen molar-refractivity contribution in [2.24, 2.45) is 0 Å². The van der Waals surface area contributed by atoms with Crippen LogP contribution >= 0.6 is 11.6 Å². The molecule has 0 spiro atoms. The van der Waals surface area contributed by atoms with Gasteiger partial charge in [0.1, 0.15) is 5.15 Å². The van der Waals surface area contributed by atoms with Gasteiger partial charge in [-0.3, -0.25) is 4.79 Å². The Morgan fingerprint density at radius 2 is 2.17 bits per heavy atom. The first kappa shape index (κ1) is 16.7. The summed E-state index contributed by atoms with van der Waals surface area (Å²) < 4.78 is 0. The van der Waals surface area contributed by atoms with Crippen LogP contribution in [0, 0.1) is 0 Å².